The molecule has 0 aliphatic rings. The summed E-state index contributed by atoms with van der Waals surface area (Å²) in [5, 5.41) is 7.06. The topological polar surface area (TPSA) is 82.9 Å². The highest BCUT2D eigenvalue weighted by Gasteiger charge is 2.10. The maximum atomic E-state index is 12.9. The third kappa shape index (κ3) is 5.41. The Bertz CT molecular complexity index is 739. The van der Waals surface area contributed by atoms with Gasteiger partial charge in [-0.25, -0.2) is 19.6 Å². The van der Waals surface area contributed by atoms with E-state index >= 15 is 0 Å². The van der Waals surface area contributed by atoms with Crippen LogP contribution in [-0.2, 0) is 9.59 Å². The molecule has 0 aliphatic carbocycles. The van der Waals surface area contributed by atoms with Crippen molar-refractivity contribution in [2.75, 3.05) is 0 Å². The highest BCUT2D eigenvalue weighted by molar-refractivity contribution is 6.35. The van der Waals surface area contributed by atoms with E-state index in [2.05, 4.69) is 10.2 Å². The normalized spacial score (nSPS) is 10.9. The van der Waals surface area contributed by atoms with Crippen molar-refractivity contribution in [2.24, 2.45) is 10.2 Å². The summed E-state index contributed by atoms with van der Waals surface area (Å²) in [5.74, 6) is -3.01. The Morgan fingerprint density at radius 3 is 1.58 bits per heavy atom. The average molecular weight is 330 g/mol. The van der Waals surface area contributed by atoms with Gasteiger partial charge in [0, 0.05) is 0 Å². The number of nitrogens with zero attached hydrogens (tertiary/aromatic N) is 2. The Balaban J connectivity index is 1.83. The molecule has 0 radical (unpaired) electrons. The zero-order chi connectivity index (χ0) is 17.4. The van der Waals surface area contributed by atoms with Crippen LogP contribution in [0, 0.1) is 11.6 Å². The Morgan fingerprint density at radius 1 is 0.792 bits per heavy atom. The molecule has 0 aliphatic heterocycles. The van der Waals surface area contributed by atoms with Crippen LogP contribution in [-0.4, -0.2) is 24.2 Å². The lowest BCUT2D eigenvalue weighted by Crippen LogP contribution is -2.35. The van der Waals surface area contributed by atoms with Crippen LogP contribution in [0.2, 0.25) is 0 Å². The van der Waals surface area contributed by atoms with Gasteiger partial charge in [0.05, 0.1) is 12.4 Å². The summed E-state index contributed by atoms with van der Waals surface area (Å²) in [5.41, 5.74) is 4.77. The minimum atomic E-state index is -1.06. The van der Waals surface area contributed by atoms with Gasteiger partial charge in [0.1, 0.15) is 11.6 Å². The smallest absolute Gasteiger partial charge is 0.262 e. The molecule has 0 atom stereocenters. The first-order valence-corrected chi connectivity index (χ1v) is 6.72. The molecule has 0 saturated heterocycles. The van der Waals surface area contributed by atoms with Gasteiger partial charge in [0.25, 0.3) is 0 Å². The molecule has 0 spiro atoms. The van der Waals surface area contributed by atoms with E-state index in [1.165, 1.54) is 48.8 Å². The molecule has 0 heterocycles. The first kappa shape index (κ1) is 16.9. The number of carbonyl (C=O) groups excluding carboxylic acids is 2. The molecular weight excluding hydrogens is 318 g/mol. The lowest BCUT2D eigenvalue weighted by atomic mass is 10.2. The third-order valence-corrected chi connectivity index (χ3v) is 2.66. The van der Waals surface area contributed by atoms with E-state index in [1.807, 2.05) is 10.9 Å². The van der Waals surface area contributed by atoms with E-state index in [-0.39, 0.29) is 0 Å². The van der Waals surface area contributed by atoms with E-state index in [4.69, 9.17) is 0 Å². The Hall–Kier alpha value is -3.42. The van der Waals surface area contributed by atoms with Gasteiger partial charge in [0.15, 0.2) is 0 Å². The molecular formula is C16H12F2N4O2. The predicted octanol–water partition coefficient (Wildman–Crippen LogP) is 1.57. The minimum absolute atomic E-state index is 0.417. The number of carbonyl (C=O) groups is 2. The highest BCUT2D eigenvalue weighted by atomic mass is 19.1. The molecule has 0 unspecified atom stereocenters. The number of amides is 2. The van der Waals surface area contributed by atoms with Gasteiger partial charge in [-0.3, -0.25) is 9.59 Å². The molecule has 0 saturated carbocycles. The molecule has 2 aromatic carbocycles. The monoisotopic (exact) mass is 330 g/mol. The van der Waals surface area contributed by atoms with Crippen LogP contribution in [0.5, 0.6) is 0 Å². The number of benzene rings is 2. The van der Waals surface area contributed by atoms with Gasteiger partial charge in [-0.1, -0.05) is 24.3 Å². The first-order chi connectivity index (χ1) is 11.5. The van der Waals surface area contributed by atoms with Gasteiger partial charge >= 0.3 is 11.8 Å². The minimum Gasteiger partial charge on any atom is -0.262 e. The van der Waals surface area contributed by atoms with Crippen molar-refractivity contribution in [1.29, 1.82) is 0 Å². The quantitative estimate of drug-likeness (QED) is 0.507. The van der Waals surface area contributed by atoms with E-state index in [0.717, 1.165) is 0 Å². The molecule has 8 heteroatoms. The lowest BCUT2D eigenvalue weighted by Gasteiger charge is -1.98. The number of hydrazone groups is 2. The molecule has 2 N–H and O–H groups in total. The van der Waals surface area contributed by atoms with Gasteiger partial charge in [-0.2, -0.15) is 10.2 Å². The van der Waals surface area contributed by atoms with Crippen LogP contribution in [0.1, 0.15) is 11.1 Å². The van der Waals surface area contributed by atoms with Crippen molar-refractivity contribution in [3.63, 3.8) is 0 Å². The van der Waals surface area contributed by atoms with Crippen LogP contribution in [0.25, 0.3) is 0 Å². The second-order valence-corrected chi connectivity index (χ2v) is 4.51. The Morgan fingerprint density at radius 2 is 1.21 bits per heavy atom. The summed E-state index contributed by atoms with van der Waals surface area (Å²) >= 11 is 0. The predicted molar refractivity (Wildman–Crippen MR) is 84.3 cm³/mol. The summed E-state index contributed by atoms with van der Waals surface area (Å²) in [6, 6.07) is 11.0. The molecule has 24 heavy (non-hydrogen) atoms. The maximum Gasteiger partial charge on any atom is 0.331 e. The molecule has 0 fully saturated rings. The van der Waals surface area contributed by atoms with E-state index < -0.39 is 23.4 Å². The number of nitrogens with one attached hydrogen (secondary N) is 2. The van der Waals surface area contributed by atoms with Crippen molar-refractivity contribution in [1.82, 2.24) is 10.9 Å². The lowest BCUT2D eigenvalue weighted by molar-refractivity contribution is -0.139. The zero-order valence-electron chi connectivity index (χ0n) is 12.2. The fourth-order valence-electron chi connectivity index (χ4n) is 1.61. The van der Waals surface area contributed by atoms with Crippen molar-refractivity contribution in [2.45, 2.75) is 0 Å². The van der Waals surface area contributed by atoms with E-state index in [1.54, 1.807) is 12.1 Å². The van der Waals surface area contributed by atoms with Crippen molar-refractivity contribution in [3.8, 4) is 0 Å². The van der Waals surface area contributed by atoms with Crippen LogP contribution in [0.4, 0.5) is 8.78 Å². The SMILES string of the molecule is O=C(N/N=C/c1cccc(F)c1)C(=O)N/N=C/c1cccc(F)c1. The fraction of sp³-hybridized carbons (Fsp3) is 0. The second-order valence-electron chi connectivity index (χ2n) is 4.51. The Kier molecular flexibility index (Phi) is 5.84. The van der Waals surface area contributed by atoms with E-state index in [0.29, 0.717) is 11.1 Å². The molecule has 122 valence electrons. The highest BCUT2D eigenvalue weighted by Crippen LogP contribution is 2.00. The first-order valence-electron chi connectivity index (χ1n) is 6.72. The van der Waals surface area contributed by atoms with Crippen LogP contribution in [0.15, 0.2) is 58.7 Å². The van der Waals surface area contributed by atoms with Crippen molar-refractivity contribution < 1.29 is 18.4 Å². The van der Waals surface area contributed by atoms with Gasteiger partial charge in [-0.15, -0.1) is 0 Å². The van der Waals surface area contributed by atoms with Crippen molar-refractivity contribution in [3.05, 3.63) is 71.3 Å². The molecule has 2 amide bonds. The molecule has 2 rings (SSSR count). The van der Waals surface area contributed by atoms with Crippen LogP contribution in [0.3, 0.4) is 0 Å². The molecule has 0 bridgehead atoms. The zero-order valence-corrected chi connectivity index (χ0v) is 12.2. The maximum absolute atomic E-state index is 12.9. The number of halogens is 2. The Labute approximate surface area is 135 Å². The summed E-state index contributed by atoms with van der Waals surface area (Å²) in [6.07, 6.45) is 2.37. The largest absolute Gasteiger partial charge is 0.331 e. The number of hydrogen-bond acceptors (Lipinski definition) is 4. The molecule has 2 aromatic rings. The average Bonchev–Trinajstić information content (AvgIpc) is 2.55. The van der Waals surface area contributed by atoms with Gasteiger partial charge in [0.2, 0.25) is 0 Å². The fourth-order valence-corrected chi connectivity index (χ4v) is 1.61. The van der Waals surface area contributed by atoms with Crippen molar-refractivity contribution >= 4 is 24.2 Å². The summed E-state index contributed by atoms with van der Waals surface area (Å²) < 4.78 is 25.9. The summed E-state index contributed by atoms with van der Waals surface area (Å²) in [6.45, 7) is 0. The summed E-state index contributed by atoms with van der Waals surface area (Å²) in [7, 11) is 0. The van der Waals surface area contributed by atoms with Gasteiger partial charge in [-0.05, 0) is 35.4 Å². The third-order valence-electron chi connectivity index (χ3n) is 2.66. The molecule has 6 nitrogen and oxygen atoms in total. The van der Waals surface area contributed by atoms with Crippen LogP contribution < -0.4 is 10.9 Å². The second kappa shape index (κ2) is 8.28. The number of hydrogen-bond donors (Lipinski definition) is 2. The summed E-state index contributed by atoms with van der Waals surface area (Å²) in [4.78, 5) is 22.9. The number of rotatable bonds is 4. The standard InChI is InChI=1S/C16H12F2N4O2/c17-13-5-1-3-11(7-13)9-19-21-15(23)16(24)22-20-10-12-4-2-6-14(18)8-12/h1-10H,(H,21,23)(H,22,24)/b19-9+,20-10+. The van der Waals surface area contributed by atoms with Gasteiger partial charge < -0.3 is 0 Å². The van der Waals surface area contributed by atoms with E-state index in [9.17, 15) is 18.4 Å². The molecule has 0 aromatic heterocycles. The van der Waals surface area contributed by atoms with Crippen LogP contribution >= 0.6 is 0 Å².